The third-order valence-electron chi connectivity index (χ3n) is 4.37. The second-order valence-corrected chi connectivity index (χ2v) is 8.16. The third kappa shape index (κ3) is 3.91. The van der Waals surface area contributed by atoms with E-state index in [0.717, 1.165) is 24.2 Å². The molecule has 25 heavy (non-hydrogen) atoms. The van der Waals surface area contributed by atoms with E-state index in [-0.39, 0.29) is 16.6 Å². The van der Waals surface area contributed by atoms with Gasteiger partial charge in [-0.15, -0.1) is 0 Å². The molecule has 0 fully saturated rings. The van der Waals surface area contributed by atoms with Crippen molar-refractivity contribution in [1.29, 1.82) is 0 Å². The maximum absolute atomic E-state index is 12.6. The fourth-order valence-electron chi connectivity index (χ4n) is 2.92. The van der Waals surface area contributed by atoms with Crippen LogP contribution in [0.1, 0.15) is 35.1 Å². The summed E-state index contributed by atoms with van der Waals surface area (Å²) in [6, 6.07) is 7.82. The molecule has 0 aliphatic carbocycles. The van der Waals surface area contributed by atoms with Crippen LogP contribution in [0, 0.1) is 0 Å². The van der Waals surface area contributed by atoms with Crippen LogP contribution in [0.5, 0.6) is 0 Å². The average molecular weight is 362 g/mol. The number of aromatic amines is 1. The number of carbonyl (C=O) groups excluding carboxylic acids is 1. The van der Waals surface area contributed by atoms with Gasteiger partial charge in [0.1, 0.15) is 0 Å². The third-order valence-corrected chi connectivity index (χ3v) is 6.20. The molecule has 8 heteroatoms. The summed E-state index contributed by atoms with van der Waals surface area (Å²) in [6.45, 7) is 3.30. The maximum Gasteiger partial charge on any atom is 0.272 e. The summed E-state index contributed by atoms with van der Waals surface area (Å²) in [5.74, 6) is -0.472. The minimum Gasteiger partial charge on any atom is -0.347 e. The molecule has 0 saturated heterocycles. The fraction of sp³-hybridized carbons (Fsp3) is 0.412. The summed E-state index contributed by atoms with van der Waals surface area (Å²) in [4.78, 5) is 12.8. The summed E-state index contributed by atoms with van der Waals surface area (Å²) in [5.41, 5.74) is 2.18. The zero-order valence-electron chi connectivity index (χ0n) is 14.1. The van der Waals surface area contributed by atoms with E-state index in [4.69, 9.17) is 0 Å². The first-order chi connectivity index (χ1) is 12.0. The number of H-pyrrole nitrogens is 1. The Balaban J connectivity index is 1.72. The molecule has 134 valence electrons. The Morgan fingerprint density at radius 3 is 2.80 bits per heavy atom. The second kappa shape index (κ2) is 7.37. The largest absolute Gasteiger partial charge is 0.347 e. The molecule has 1 aliphatic rings. The molecule has 1 amide bonds. The first-order valence-corrected chi connectivity index (χ1v) is 10.0. The van der Waals surface area contributed by atoms with Gasteiger partial charge < -0.3 is 10.6 Å². The van der Waals surface area contributed by atoms with Crippen molar-refractivity contribution in [3.63, 3.8) is 0 Å². The lowest BCUT2D eigenvalue weighted by Crippen LogP contribution is -2.40. The zero-order valence-corrected chi connectivity index (χ0v) is 14.9. The molecule has 1 aromatic heterocycles. The predicted molar refractivity (Wildman–Crippen MR) is 94.0 cm³/mol. The van der Waals surface area contributed by atoms with Crippen LogP contribution in [0.3, 0.4) is 0 Å². The van der Waals surface area contributed by atoms with Crippen molar-refractivity contribution in [3.8, 4) is 0 Å². The quantitative estimate of drug-likeness (QED) is 0.712. The Hall–Kier alpha value is -2.19. The standard InChI is InChI=1S/C17H22N4O3S/c1-2-12(11-25(23,24)13-6-4-3-5-7-13)19-17(22)16-14-10-18-9-8-15(14)20-21-16/h3-7,12,18H,2,8-11H2,1H3,(H,19,22)(H,20,21). The molecule has 1 aliphatic heterocycles. The second-order valence-electron chi connectivity index (χ2n) is 6.13. The molecule has 1 aromatic carbocycles. The molecule has 3 N–H and O–H groups in total. The van der Waals surface area contributed by atoms with Gasteiger partial charge >= 0.3 is 0 Å². The molecule has 0 radical (unpaired) electrons. The minimum atomic E-state index is -3.46. The number of fused-ring (bicyclic) bond motifs is 1. The van der Waals surface area contributed by atoms with Gasteiger partial charge in [0.15, 0.2) is 15.5 Å². The van der Waals surface area contributed by atoms with Gasteiger partial charge in [-0.2, -0.15) is 5.10 Å². The number of hydrogen-bond donors (Lipinski definition) is 3. The number of amides is 1. The molecule has 0 saturated carbocycles. The number of nitrogens with zero attached hydrogens (tertiary/aromatic N) is 1. The van der Waals surface area contributed by atoms with Crippen molar-refractivity contribution in [2.45, 2.75) is 37.2 Å². The zero-order chi connectivity index (χ0) is 17.9. The molecule has 2 heterocycles. The van der Waals surface area contributed by atoms with E-state index in [1.54, 1.807) is 30.3 Å². The van der Waals surface area contributed by atoms with Crippen LogP contribution in [0.4, 0.5) is 0 Å². The fourth-order valence-corrected chi connectivity index (χ4v) is 4.53. The van der Waals surface area contributed by atoms with Gasteiger partial charge in [0.05, 0.1) is 10.6 Å². The van der Waals surface area contributed by atoms with E-state index in [9.17, 15) is 13.2 Å². The van der Waals surface area contributed by atoms with Crippen molar-refractivity contribution in [3.05, 3.63) is 47.3 Å². The highest BCUT2D eigenvalue weighted by Gasteiger charge is 2.26. The van der Waals surface area contributed by atoms with Crippen molar-refractivity contribution in [2.24, 2.45) is 0 Å². The van der Waals surface area contributed by atoms with Crippen LogP contribution in [-0.2, 0) is 22.8 Å². The highest BCUT2D eigenvalue weighted by Crippen LogP contribution is 2.16. The highest BCUT2D eigenvalue weighted by molar-refractivity contribution is 7.91. The van der Waals surface area contributed by atoms with E-state index < -0.39 is 15.9 Å². The number of benzene rings is 1. The smallest absolute Gasteiger partial charge is 0.272 e. The Morgan fingerprint density at radius 1 is 1.32 bits per heavy atom. The van der Waals surface area contributed by atoms with Crippen LogP contribution in [-0.4, -0.2) is 42.9 Å². The first kappa shape index (κ1) is 17.6. The molecule has 0 bridgehead atoms. The number of hydrogen-bond acceptors (Lipinski definition) is 5. The number of aromatic nitrogens is 2. The van der Waals surface area contributed by atoms with Crippen LogP contribution < -0.4 is 10.6 Å². The van der Waals surface area contributed by atoms with Crippen LogP contribution >= 0.6 is 0 Å². The summed E-state index contributed by atoms with van der Waals surface area (Å²) in [7, 11) is -3.46. The highest BCUT2D eigenvalue weighted by atomic mass is 32.2. The average Bonchev–Trinajstić information content (AvgIpc) is 3.06. The summed E-state index contributed by atoms with van der Waals surface area (Å²) in [5, 5.41) is 13.0. The molecular formula is C17H22N4O3S. The van der Waals surface area contributed by atoms with Crippen molar-refractivity contribution in [2.75, 3.05) is 12.3 Å². The normalized spacial score (nSPS) is 15.4. The summed E-state index contributed by atoms with van der Waals surface area (Å²) < 4.78 is 25.0. The van der Waals surface area contributed by atoms with Crippen molar-refractivity contribution >= 4 is 15.7 Å². The number of carbonyl (C=O) groups is 1. The Kier molecular flexibility index (Phi) is 5.19. The van der Waals surface area contributed by atoms with Gasteiger partial charge in [0, 0.05) is 36.8 Å². The Labute approximate surface area is 147 Å². The Bertz CT molecular complexity index is 846. The van der Waals surface area contributed by atoms with Gasteiger partial charge in [-0.05, 0) is 18.6 Å². The molecule has 1 atom stereocenters. The van der Waals surface area contributed by atoms with Gasteiger partial charge in [-0.25, -0.2) is 8.42 Å². The van der Waals surface area contributed by atoms with Gasteiger partial charge in [0.25, 0.3) is 5.91 Å². The lowest BCUT2D eigenvalue weighted by Gasteiger charge is -2.18. The van der Waals surface area contributed by atoms with Crippen LogP contribution in [0.15, 0.2) is 35.2 Å². The van der Waals surface area contributed by atoms with E-state index >= 15 is 0 Å². The number of rotatable bonds is 6. The predicted octanol–water partition coefficient (Wildman–Crippen LogP) is 1.04. The molecule has 1 unspecified atom stereocenters. The SMILES string of the molecule is CCC(CS(=O)(=O)c1ccccc1)NC(=O)c1n[nH]c2c1CNCC2. The van der Waals surface area contributed by atoms with E-state index in [0.29, 0.717) is 18.7 Å². The molecule has 3 rings (SSSR count). The maximum atomic E-state index is 12.6. The molecule has 0 spiro atoms. The molecule has 7 nitrogen and oxygen atoms in total. The van der Waals surface area contributed by atoms with E-state index in [1.807, 2.05) is 6.92 Å². The monoisotopic (exact) mass is 362 g/mol. The lowest BCUT2D eigenvalue weighted by atomic mass is 10.1. The van der Waals surface area contributed by atoms with Crippen LogP contribution in [0.2, 0.25) is 0 Å². The number of nitrogens with one attached hydrogen (secondary N) is 3. The summed E-state index contributed by atoms with van der Waals surface area (Å²) >= 11 is 0. The van der Waals surface area contributed by atoms with E-state index in [1.165, 1.54) is 0 Å². The van der Waals surface area contributed by atoms with Crippen LogP contribution in [0.25, 0.3) is 0 Å². The van der Waals surface area contributed by atoms with Gasteiger partial charge in [-0.3, -0.25) is 9.89 Å². The van der Waals surface area contributed by atoms with Gasteiger partial charge in [-0.1, -0.05) is 25.1 Å². The number of sulfone groups is 1. The Morgan fingerprint density at radius 2 is 2.08 bits per heavy atom. The van der Waals surface area contributed by atoms with Crippen molar-refractivity contribution in [1.82, 2.24) is 20.8 Å². The first-order valence-electron chi connectivity index (χ1n) is 8.36. The van der Waals surface area contributed by atoms with Gasteiger partial charge in [0.2, 0.25) is 0 Å². The van der Waals surface area contributed by atoms with E-state index in [2.05, 4.69) is 20.8 Å². The molecule has 2 aromatic rings. The van der Waals surface area contributed by atoms with Crippen molar-refractivity contribution < 1.29 is 13.2 Å². The topological polar surface area (TPSA) is 104 Å². The minimum absolute atomic E-state index is 0.135. The molecular weight excluding hydrogens is 340 g/mol. The lowest BCUT2D eigenvalue weighted by molar-refractivity contribution is 0.0933. The summed E-state index contributed by atoms with van der Waals surface area (Å²) in [6.07, 6.45) is 1.32.